The lowest BCUT2D eigenvalue weighted by molar-refractivity contribution is 0.0956. The molecule has 0 radical (unpaired) electrons. The van der Waals surface area contributed by atoms with Crippen molar-refractivity contribution in [2.75, 3.05) is 33.2 Å². The maximum absolute atomic E-state index is 11.9. The predicted octanol–water partition coefficient (Wildman–Crippen LogP) is 3.64. The zero-order valence-corrected chi connectivity index (χ0v) is 19.7. The number of thiophene rings is 1. The lowest BCUT2D eigenvalue weighted by Crippen LogP contribution is -2.44. The topological polar surface area (TPSA) is 68.8 Å². The zero-order valence-electron chi connectivity index (χ0n) is 18.9. The van der Waals surface area contributed by atoms with Gasteiger partial charge in [0.05, 0.1) is 6.54 Å². The Bertz CT molecular complexity index is 834. The van der Waals surface area contributed by atoms with Crippen molar-refractivity contribution < 1.29 is 4.79 Å². The molecular weight excluding hydrogens is 406 g/mol. The van der Waals surface area contributed by atoms with Crippen LogP contribution >= 0.6 is 11.3 Å². The molecule has 0 saturated carbocycles. The number of aliphatic imine (C=N–C) groups is 1. The van der Waals surface area contributed by atoms with Crippen LogP contribution in [0.2, 0.25) is 0 Å². The Hall–Kier alpha value is -2.38. The van der Waals surface area contributed by atoms with Gasteiger partial charge < -0.3 is 16.0 Å². The summed E-state index contributed by atoms with van der Waals surface area (Å²) in [6.45, 7) is 8.08. The van der Waals surface area contributed by atoms with E-state index in [4.69, 9.17) is 4.99 Å². The van der Waals surface area contributed by atoms with Gasteiger partial charge in [-0.15, -0.1) is 11.3 Å². The van der Waals surface area contributed by atoms with Gasteiger partial charge in [-0.25, -0.2) is 4.99 Å². The van der Waals surface area contributed by atoms with E-state index in [2.05, 4.69) is 52.3 Å². The first-order valence-electron chi connectivity index (χ1n) is 11.2. The molecule has 0 spiro atoms. The molecule has 1 aromatic heterocycles. The smallest absolute Gasteiger partial charge is 0.251 e. The zero-order chi connectivity index (χ0) is 22.1. The number of hydrogen-bond acceptors (Lipinski definition) is 4. The first kappa shape index (κ1) is 23.3. The summed E-state index contributed by atoms with van der Waals surface area (Å²) in [5, 5.41) is 11.9. The first-order valence-corrected chi connectivity index (χ1v) is 12.1. The van der Waals surface area contributed by atoms with Crippen molar-refractivity contribution in [3.8, 4) is 0 Å². The van der Waals surface area contributed by atoms with Crippen LogP contribution in [0, 0.1) is 5.92 Å². The molecule has 1 saturated heterocycles. The lowest BCUT2D eigenvalue weighted by atomic mass is 9.88. The van der Waals surface area contributed by atoms with Gasteiger partial charge in [-0.05, 0) is 75.3 Å². The van der Waals surface area contributed by atoms with E-state index in [0.717, 1.165) is 31.2 Å². The molecule has 1 aromatic carbocycles. The Labute approximate surface area is 190 Å². The van der Waals surface area contributed by atoms with Crippen LogP contribution in [0.15, 0.2) is 46.8 Å². The maximum Gasteiger partial charge on any atom is 0.251 e. The van der Waals surface area contributed by atoms with Crippen molar-refractivity contribution in [2.45, 2.75) is 39.3 Å². The molecule has 6 nitrogen and oxygen atoms in total. The number of carbonyl (C=O) groups excluding carboxylic acids is 1. The molecule has 0 bridgehead atoms. The molecule has 2 unspecified atom stereocenters. The molecule has 7 heteroatoms. The van der Waals surface area contributed by atoms with Gasteiger partial charge in [-0.1, -0.05) is 18.2 Å². The first-order chi connectivity index (χ1) is 15.1. The molecule has 168 valence electrons. The molecule has 1 aliphatic rings. The minimum atomic E-state index is -0.0368. The highest BCUT2D eigenvalue weighted by atomic mass is 32.1. The van der Waals surface area contributed by atoms with Gasteiger partial charge in [0.2, 0.25) is 0 Å². The molecule has 31 heavy (non-hydrogen) atoms. The predicted molar refractivity (Wildman–Crippen MR) is 130 cm³/mol. The second kappa shape index (κ2) is 11.9. The summed E-state index contributed by atoms with van der Waals surface area (Å²) in [7, 11) is 2.24. The van der Waals surface area contributed by atoms with Gasteiger partial charge in [0.15, 0.2) is 5.96 Å². The average Bonchev–Trinajstić information content (AvgIpc) is 3.30. The number of hydrogen-bond donors (Lipinski definition) is 3. The van der Waals surface area contributed by atoms with Crippen molar-refractivity contribution in [1.29, 1.82) is 0 Å². The average molecular weight is 442 g/mol. The fourth-order valence-corrected chi connectivity index (χ4v) is 5.13. The molecule has 2 aromatic rings. The Morgan fingerprint density at radius 2 is 1.90 bits per heavy atom. The molecule has 1 fully saturated rings. The van der Waals surface area contributed by atoms with E-state index >= 15 is 0 Å². The second-order valence-electron chi connectivity index (χ2n) is 7.98. The number of amides is 1. The maximum atomic E-state index is 11.9. The third-order valence-corrected chi connectivity index (χ3v) is 6.63. The number of nitrogens with zero attached hydrogens (tertiary/aromatic N) is 2. The molecule has 0 aliphatic carbocycles. The van der Waals surface area contributed by atoms with E-state index in [1.54, 1.807) is 0 Å². The fraction of sp³-hybridized carbons (Fsp3) is 0.500. The van der Waals surface area contributed by atoms with Crippen LogP contribution < -0.4 is 16.0 Å². The summed E-state index contributed by atoms with van der Waals surface area (Å²) in [5.41, 5.74) is 1.76. The molecule has 3 rings (SSSR count). The van der Waals surface area contributed by atoms with Gasteiger partial charge in [0.1, 0.15) is 0 Å². The fourth-order valence-electron chi connectivity index (χ4n) is 4.15. The number of piperidine rings is 1. The van der Waals surface area contributed by atoms with Crippen LogP contribution in [0.4, 0.5) is 0 Å². The largest absolute Gasteiger partial charge is 0.357 e. The van der Waals surface area contributed by atoms with E-state index in [9.17, 15) is 4.79 Å². The summed E-state index contributed by atoms with van der Waals surface area (Å²) in [4.78, 5) is 20.6. The summed E-state index contributed by atoms with van der Waals surface area (Å²) in [6, 6.07) is 12.5. The molecule has 2 atom stereocenters. The van der Waals surface area contributed by atoms with Crippen molar-refractivity contribution in [3.63, 3.8) is 0 Å². The normalized spacial score (nSPS) is 19.8. The van der Waals surface area contributed by atoms with Crippen LogP contribution in [0.5, 0.6) is 0 Å². The third kappa shape index (κ3) is 6.55. The summed E-state index contributed by atoms with van der Waals surface area (Å²) in [5.74, 6) is 1.36. The van der Waals surface area contributed by atoms with Crippen LogP contribution in [0.3, 0.4) is 0 Å². The van der Waals surface area contributed by atoms with E-state index in [1.807, 2.05) is 42.5 Å². The van der Waals surface area contributed by atoms with Crippen LogP contribution in [0.25, 0.3) is 0 Å². The van der Waals surface area contributed by atoms with E-state index in [0.29, 0.717) is 30.6 Å². The molecule has 2 heterocycles. The van der Waals surface area contributed by atoms with E-state index < -0.39 is 0 Å². The van der Waals surface area contributed by atoms with Gasteiger partial charge in [0.25, 0.3) is 5.91 Å². The highest BCUT2D eigenvalue weighted by Crippen LogP contribution is 2.36. The molecule has 1 aliphatic heterocycles. The van der Waals surface area contributed by atoms with Crippen molar-refractivity contribution in [1.82, 2.24) is 20.9 Å². The minimum absolute atomic E-state index is 0.0368. The second-order valence-corrected chi connectivity index (χ2v) is 8.95. The summed E-state index contributed by atoms with van der Waals surface area (Å²) < 4.78 is 0. The Kier molecular flexibility index (Phi) is 8.91. The number of carbonyl (C=O) groups is 1. The molecular formula is C24H35N5OS. The van der Waals surface area contributed by atoms with Gasteiger partial charge in [-0.3, -0.25) is 9.69 Å². The van der Waals surface area contributed by atoms with Crippen molar-refractivity contribution in [3.05, 3.63) is 57.8 Å². The van der Waals surface area contributed by atoms with Crippen molar-refractivity contribution in [2.24, 2.45) is 10.9 Å². The van der Waals surface area contributed by atoms with Gasteiger partial charge in [-0.2, -0.15) is 0 Å². The quantitative estimate of drug-likeness (QED) is 0.432. The van der Waals surface area contributed by atoms with Crippen LogP contribution in [0.1, 0.15) is 53.5 Å². The van der Waals surface area contributed by atoms with Gasteiger partial charge >= 0.3 is 0 Å². The van der Waals surface area contributed by atoms with Crippen LogP contribution in [-0.4, -0.2) is 50.0 Å². The standard InChI is InChI=1S/C24H35N5OS/c1-4-25-23(30)19-12-10-18(11-13-19)16-27-24(26-5-2)28-17-20-8-6-14-29(3)22(20)21-9-7-15-31-21/h7,9-13,15,20,22H,4-6,8,14,16-17H2,1-3H3,(H,25,30)(H2,26,27,28). The monoisotopic (exact) mass is 441 g/mol. The molecule has 3 N–H and O–H groups in total. The minimum Gasteiger partial charge on any atom is -0.357 e. The summed E-state index contributed by atoms with van der Waals surface area (Å²) in [6.07, 6.45) is 2.46. The number of nitrogens with one attached hydrogen (secondary N) is 3. The summed E-state index contributed by atoms with van der Waals surface area (Å²) >= 11 is 1.85. The molecule has 1 amide bonds. The SMILES string of the molecule is CCNC(=O)c1ccc(CN=C(NCC)NCC2CCCN(C)C2c2cccs2)cc1. The van der Waals surface area contributed by atoms with E-state index in [-0.39, 0.29) is 5.91 Å². The van der Waals surface area contributed by atoms with Crippen LogP contribution in [-0.2, 0) is 6.54 Å². The Morgan fingerprint density at radius 1 is 1.13 bits per heavy atom. The number of rotatable bonds is 8. The van der Waals surface area contributed by atoms with E-state index in [1.165, 1.54) is 17.7 Å². The third-order valence-electron chi connectivity index (χ3n) is 5.69. The highest BCUT2D eigenvalue weighted by Gasteiger charge is 2.31. The Balaban J connectivity index is 1.61. The van der Waals surface area contributed by atoms with Crippen molar-refractivity contribution >= 4 is 23.2 Å². The highest BCUT2D eigenvalue weighted by molar-refractivity contribution is 7.10. The number of benzene rings is 1. The Morgan fingerprint density at radius 3 is 2.58 bits per heavy atom. The number of guanidine groups is 1. The van der Waals surface area contributed by atoms with Gasteiger partial charge in [0, 0.05) is 36.1 Å². The lowest BCUT2D eigenvalue weighted by Gasteiger charge is -2.39. The number of likely N-dealkylation sites (tertiary alicyclic amines) is 1.